The normalized spacial score (nSPS) is 22.2. The van der Waals surface area contributed by atoms with Gasteiger partial charge in [0.15, 0.2) is 0 Å². The summed E-state index contributed by atoms with van der Waals surface area (Å²) in [5, 5.41) is 20.2. The Labute approximate surface area is 118 Å². The molecule has 0 aromatic rings. The zero-order chi connectivity index (χ0) is 15.3. The van der Waals surface area contributed by atoms with E-state index in [-0.39, 0.29) is 36.5 Å². The summed E-state index contributed by atoms with van der Waals surface area (Å²) in [6, 6.07) is -1.00. The summed E-state index contributed by atoms with van der Waals surface area (Å²) in [7, 11) is 0. The Morgan fingerprint density at radius 3 is 2.40 bits per heavy atom. The summed E-state index contributed by atoms with van der Waals surface area (Å²) in [6.45, 7) is 4.04. The highest BCUT2D eigenvalue weighted by Crippen LogP contribution is 2.42. The molecule has 6 heteroatoms. The van der Waals surface area contributed by atoms with Crippen molar-refractivity contribution in [1.29, 1.82) is 0 Å². The third-order valence-electron chi connectivity index (χ3n) is 4.07. The van der Waals surface area contributed by atoms with Gasteiger partial charge in [0.25, 0.3) is 0 Å². The lowest BCUT2D eigenvalue weighted by Gasteiger charge is -2.27. The molecule has 0 saturated heterocycles. The topological polar surface area (TPSA) is 104 Å². The lowest BCUT2D eigenvalue weighted by atomic mass is 9.81. The Balaban J connectivity index is 2.55. The fourth-order valence-electron chi connectivity index (χ4n) is 2.80. The Bertz CT molecular complexity index is 391. The number of aliphatic carboxylic acids is 2. The fourth-order valence-corrected chi connectivity index (χ4v) is 2.80. The smallest absolute Gasteiger partial charge is 0.326 e. The van der Waals surface area contributed by atoms with E-state index in [0.29, 0.717) is 0 Å². The second-order valence-electron chi connectivity index (χ2n) is 6.12. The van der Waals surface area contributed by atoms with Crippen LogP contribution in [0.25, 0.3) is 0 Å². The van der Waals surface area contributed by atoms with Crippen LogP contribution in [0.4, 0.5) is 0 Å². The molecule has 3 N–H and O–H groups in total. The van der Waals surface area contributed by atoms with Crippen LogP contribution in [-0.2, 0) is 14.4 Å². The minimum atomic E-state index is -1.11. The number of amides is 1. The molecule has 0 aromatic heterocycles. The fraction of sp³-hybridized carbons (Fsp3) is 0.786. The average molecular weight is 285 g/mol. The molecular formula is C14H23NO5. The van der Waals surface area contributed by atoms with Crippen LogP contribution in [0, 0.1) is 11.3 Å². The van der Waals surface area contributed by atoms with E-state index in [0.717, 1.165) is 19.3 Å². The summed E-state index contributed by atoms with van der Waals surface area (Å²) in [6.07, 6.45) is 3.00. The van der Waals surface area contributed by atoms with Gasteiger partial charge in [-0.3, -0.25) is 9.59 Å². The maximum Gasteiger partial charge on any atom is 0.326 e. The van der Waals surface area contributed by atoms with Crippen molar-refractivity contribution in [2.24, 2.45) is 11.3 Å². The second kappa shape index (κ2) is 6.72. The number of carboxylic acids is 2. The van der Waals surface area contributed by atoms with Gasteiger partial charge in [-0.1, -0.05) is 20.3 Å². The summed E-state index contributed by atoms with van der Waals surface area (Å²) in [4.78, 5) is 33.7. The minimum absolute atomic E-state index is 0.0887. The molecule has 1 aliphatic carbocycles. The molecule has 2 atom stereocenters. The lowest BCUT2D eigenvalue weighted by molar-refractivity contribution is -0.143. The van der Waals surface area contributed by atoms with Gasteiger partial charge in [0.05, 0.1) is 0 Å². The Hall–Kier alpha value is -1.59. The SMILES string of the molecule is CC1(C)CCCC1C(=O)N[C@H](CCCC(=O)O)C(=O)O. The highest BCUT2D eigenvalue weighted by atomic mass is 16.4. The highest BCUT2D eigenvalue weighted by Gasteiger charge is 2.40. The summed E-state index contributed by atoms with van der Waals surface area (Å²) in [5.41, 5.74) is -0.103. The van der Waals surface area contributed by atoms with E-state index in [9.17, 15) is 14.4 Å². The molecule has 0 bridgehead atoms. The van der Waals surface area contributed by atoms with E-state index >= 15 is 0 Å². The van der Waals surface area contributed by atoms with Crippen molar-refractivity contribution >= 4 is 17.8 Å². The van der Waals surface area contributed by atoms with Gasteiger partial charge < -0.3 is 15.5 Å². The maximum absolute atomic E-state index is 12.2. The summed E-state index contributed by atoms with van der Waals surface area (Å²) in [5.74, 6) is -2.46. The first-order valence-electron chi connectivity index (χ1n) is 6.99. The van der Waals surface area contributed by atoms with Crippen LogP contribution in [0.5, 0.6) is 0 Å². The highest BCUT2D eigenvalue weighted by molar-refractivity contribution is 5.85. The predicted octanol–water partition coefficient (Wildman–Crippen LogP) is 1.64. The molecule has 6 nitrogen and oxygen atoms in total. The number of carboxylic acid groups (broad SMARTS) is 2. The van der Waals surface area contributed by atoms with Crippen LogP contribution in [0.3, 0.4) is 0 Å². The van der Waals surface area contributed by atoms with E-state index in [4.69, 9.17) is 10.2 Å². The first-order valence-corrected chi connectivity index (χ1v) is 6.99. The van der Waals surface area contributed by atoms with E-state index in [1.807, 2.05) is 13.8 Å². The molecule has 1 fully saturated rings. The van der Waals surface area contributed by atoms with Crippen molar-refractivity contribution in [1.82, 2.24) is 5.32 Å². The number of hydrogen-bond acceptors (Lipinski definition) is 3. The molecule has 1 aliphatic rings. The number of carbonyl (C=O) groups excluding carboxylic acids is 1. The number of hydrogen-bond donors (Lipinski definition) is 3. The van der Waals surface area contributed by atoms with E-state index in [1.165, 1.54) is 0 Å². The predicted molar refractivity (Wildman–Crippen MR) is 72.2 cm³/mol. The number of carbonyl (C=O) groups is 3. The zero-order valence-corrected chi connectivity index (χ0v) is 12.0. The van der Waals surface area contributed by atoms with Gasteiger partial charge in [0.1, 0.15) is 6.04 Å². The quantitative estimate of drug-likeness (QED) is 0.659. The standard InChI is InChI=1S/C14H23NO5/c1-14(2)8-4-5-9(14)12(18)15-10(13(19)20)6-3-7-11(16)17/h9-10H,3-8H2,1-2H3,(H,15,18)(H,16,17)(H,19,20)/t9?,10-/m1/s1. The first kappa shape index (κ1) is 16.5. The molecule has 1 rings (SSSR count). The van der Waals surface area contributed by atoms with Gasteiger partial charge in [-0.05, 0) is 31.1 Å². The second-order valence-corrected chi connectivity index (χ2v) is 6.12. The van der Waals surface area contributed by atoms with Gasteiger partial charge in [-0.15, -0.1) is 0 Å². The summed E-state index contributed by atoms with van der Waals surface area (Å²) >= 11 is 0. The van der Waals surface area contributed by atoms with Gasteiger partial charge in [0.2, 0.25) is 5.91 Å². The number of rotatable bonds is 7. The molecule has 20 heavy (non-hydrogen) atoms. The monoisotopic (exact) mass is 285 g/mol. The van der Waals surface area contributed by atoms with Crippen LogP contribution in [0.15, 0.2) is 0 Å². The maximum atomic E-state index is 12.2. The van der Waals surface area contributed by atoms with Gasteiger partial charge in [0, 0.05) is 12.3 Å². The molecule has 1 amide bonds. The molecule has 114 valence electrons. The Morgan fingerprint density at radius 2 is 1.95 bits per heavy atom. The van der Waals surface area contributed by atoms with Crippen LogP contribution >= 0.6 is 0 Å². The minimum Gasteiger partial charge on any atom is -0.481 e. The van der Waals surface area contributed by atoms with Gasteiger partial charge >= 0.3 is 11.9 Å². The molecule has 1 unspecified atom stereocenters. The largest absolute Gasteiger partial charge is 0.481 e. The third kappa shape index (κ3) is 4.51. The van der Waals surface area contributed by atoms with Crippen molar-refractivity contribution in [2.75, 3.05) is 0 Å². The lowest BCUT2D eigenvalue weighted by Crippen LogP contribution is -2.45. The van der Waals surface area contributed by atoms with Gasteiger partial charge in [-0.25, -0.2) is 4.79 Å². The van der Waals surface area contributed by atoms with Crippen LogP contribution in [0.1, 0.15) is 52.4 Å². The van der Waals surface area contributed by atoms with Crippen molar-refractivity contribution in [3.8, 4) is 0 Å². The average Bonchev–Trinajstić information content (AvgIpc) is 2.66. The number of nitrogens with one attached hydrogen (secondary N) is 1. The van der Waals surface area contributed by atoms with Gasteiger partial charge in [-0.2, -0.15) is 0 Å². The molecule has 0 radical (unpaired) electrons. The van der Waals surface area contributed by atoms with E-state index < -0.39 is 18.0 Å². The van der Waals surface area contributed by atoms with Crippen molar-refractivity contribution in [3.05, 3.63) is 0 Å². The first-order chi connectivity index (χ1) is 9.24. The molecule has 0 heterocycles. The molecule has 0 aromatic carbocycles. The van der Waals surface area contributed by atoms with Crippen molar-refractivity contribution in [3.63, 3.8) is 0 Å². The molecule has 0 spiro atoms. The molecule has 0 aliphatic heterocycles. The zero-order valence-electron chi connectivity index (χ0n) is 12.0. The van der Waals surface area contributed by atoms with E-state index in [1.54, 1.807) is 0 Å². The van der Waals surface area contributed by atoms with Crippen molar-refractivity contribution < 1.29 is 24.6 Å². The molecular weight excluding hydrogens is 262 g/mol. The Kier molecular flexibility index (Phi) is 5.53. The summed E-state index contributed by atoms with van der Waals surface area (Å²) < 4.78 is 0. The Morgan fingerprint density at radius 1 is 1.30 bits per heavy atom. The van der Waals surface area contributed by atoms with Crippen molar-refractivity contribution in [2.45, 2.75) is 58.4 Å². The third-order valence-corrected chi connectivity index (χ3v) is 4.07. The van der Waals surface area contributed by atoms with Crippen LogP contribution in [-0.4, -0.2) is 34.1 Å². The van der Waals surface area contributed by atoms with Crippen LogP contribution in [0.2, 0.25) is 0 Å². The molecule has 1 saturated carbocycles. The van der Waals surface area contributed by atoms with Crippen LogP contribution < -0.4 is 5.32 Å². The van der Waals surface area contributed by atoms with E-state index in [2.05, 4.69) is 5.32 Å².